The van der Waals surface area contributed by atoms with Gasteiger partial charge in [0.1, 0.15) is 5.01 Å². The Labute approximate surface area is 180 Å². The van der Waals surface area contributed by atoms with Gasteiger partial charge < -0.3 is 9.88 Å². The van der Waals surface area contributed by atoms with Crippen LogP contribution in [0.15, 0.2) is 49.0 Å². The van der Waals surface area contributed by atoms with Gasteiger partial charge in [0.05, 0.1) is 12.2 Å². The van der Waals surface area contributed by atoms with Gasteiger partial charge in [0.25, 0.3) is 5.91 Å². The van der Waals surface area contributed by atoms with Crippen molar-refractivity contribution in [3.8, 4) is 10.7 Å². The van der Waals surface area contributed by atoms with Gasteiger partial charge in [-0.3, -0.25) is 4.79 Å². The maximum atomic E-state index is 12.5. The first-order valence-electron chi connectivity index (χ1n) is 9.94. The van der Waals surface area contributed by atoms with E-state index < -0.39 is 0 Å². The van der Waals surface area contributed by atoms with Gasteiger partial charge in [-0.15, -0.1) is 10.2 Å². The second-order valence-electron chi connectivity index (χ2n) is 7.24. The molecule has 2 aromatic carbocycles. The minimum atomic E-state index is -0.122. The molecule has 0 bridgehead atoms. The molecule has 0 spiro atoms. The molecule has 152 valence electrons. The quantitative estimate of drug-likeness (QED) is 0.460. The standard InChI is InChI=1S/C24H24N4OS/c1-5-17-10-11-18(12-16(17)4)23(29)25-14-22-26-27-24(30-22)21-13-19-15(3)8-7-9-20(19)28(21)6-2/h5,7-13H,1,6,14H2,2-4H3,(H,25,29). The van der Waals surface area contributed by atoms with Gasteiger partial charge in [0, 0.05) is 23.0 Å². The summed E-state index contributed by atoms with van der Waals surface area (Å²) in [4.78, 5) is 12.5. The Bertz CT molecular complexity index is 1250. The van der Waals surface area contributed by atoms with Crippen LogP contribution in [0.25, 0.3) is 27.7 Å². The first-order chi connectivity index (χ1) is 14.5. The maximum absolute atomic E-state index is 12.5. The number of hydrogen-bond donors (Lipinski definition) is 1. The van der Waals surface area contributed by atoms with Crippen molar-refractivity contribution >= 4 is 34.2 Å². The molecule has 4 rings (SSSR count). The topological polar surface area (TPSA) is 59.8 Å². The van der Waals surface area contributed by atoms with Crippen LogP contribution in [0.3, 0.4) is 0 Å². The first-order valence-corrected chi connectivity index (χ1v) is 10.8. The molecule has 2 aromatic heterocycles. The maximum Gasteiger partial charge on any atom is 0.251 e. The van der Waals surface area contributed by atoms with Crippen LogP contribution in [0.2, 0.25) is 0 Å². The van der Waals surface area contributed by atoms with Crippen LogP contribution >= 0.6 is 11.3 Å². The number of rotatable bonds is 6. The molecule has 1 N–H and O–H groups in total. The lowest BCUT2D eigenvalue weighted by Crippen LogP contribution is -2.22. The Balaban J connectivity index is 1.53. The highest BCUT2D eigenvalue weighted by Crippen LogP contribution is 2.31. The number of nitrogens with one attached hydrogen (secondary N) is 1. The highest BCUT2D eigenvalue weighted by Gasteiger charge is 2.16. The SMILES string of the molecule is C=Cc1ccc(C(=O)NCc2nnc(-c3cc4c(C)cccc4n3CC)s2)cc1C. The van der Waals surface area contributed by atoms with Gasteiger partial charge in [0.2, 0.25) is 0 Å². The van der Waals surface area contributed by atoms with Crippen molar-refractivity contribution in [1.82, 2.24) is 20.1 Å². The summed E-state index contributed by atoms with van der Waals surface area (Å²) < 4.78 is 2.26. The number of aryl methyl sites for hydroxylation is 3. The lowest BCUT2D eigenvalue weighted by Gasteiger charge is -2.06. The predicted molar refractivity (Wildman–Crippen MR) is 124 cm³/mol. The average Bonchev–Trinajstić information content (AvgIpc) is 3.36. The van der Waals surface area contributed by atoms with E-state index in [2.05, 4.69) is 64.8 Å². The molecule has 0 atom stereocenters. The summed E-state index contributed by atoms with van der Waals surface area (Å²) in [6.07, 6.45) is 1.79. The largest absolute Gasteiger partial charge is 0.345 e. The zero-order valence-electron chi connectivity index (χ0n) is 17.4. The zero-order valence-corrected chi connectivity index (χ0v) is 18.2. The molecule has 0 unspecified atom stereocenters. The highest BCUT2D eigenvalue weighted by molar-refractivity contribution is 7.14. The summed E-state index contributed by atoms with van der Waals surface area (Å²) in [5.41, 5.74) is 6.20. The van der Waals surface area contributed by atoms with E-state index in [1.54, 1.807) is 6.08 Å². The second kappa shape index (κ2) is 8.24. The van der Waals surface area contributed by atoms with Crippen molar-refractivity contribution < 1.29 is 4.79 Å². The third kappa shape index (κ3) is 3.66. The molecular formula is C24H24N4OS. The van der Waals surface area contributed by atoms with Crippen LogP contribution in [0, 0.1) is 13.8 Å². The predicted octanol–water partition coefficient (Wildman–Crippen LogP) is 5.37. The number of carbonyl (C=O) groups excluding carboxylic acids is 1. The molecule has 0 aliphatic carbocycles. The summed E-state index contributed by atoms with van der Waals surface area (Å²) in [6, 6.07) is 14.1. The number of hydrogen-bond acceptors (Lipinski definition) is 4. The van der Waals surface area contributed by atoms with Crippen LogP contribution in [0.5, 0.6) is 0 Å². The molecule has 0 aliphatic heterocycles. The van der Waals surface area contributed by atoms with Gasteiger partial charge in [-0.1, -0.05) is 42.2 Å². The fourth-order valence-electron chi connectivity index (χ4n) is 3.68. The van der Waals surface area contributed by atoms with Crippen LogP contribution in [-0.2, 0) is 13.1 Å². The Kier molecular flexibility index (Phi) is 5.50. The van der Waals surface area contributed by atoms with Gasteiger partial charge in [-0.25, -0.2) is 0 Å². The monoisotopic (exact) mass is 416 g/mol. The molecule has 5 nitrogen and oxygen atoms in total. The van der Waals surface area contributed by atoms with Crippen LogP contribution in [-0.4, -0.2) is 20.7 Å². The lowest BCUT2D eigenvalue weighted by atomic mass is 10.0. The molecule has 0 fully saturated rings. The summed E-state index contributed by atoms with van der Waals surface area (Å²) in [6.45, 7) is 11.2. The molecule has 0 radical (unpaired) electrons. The van der Waals surface area contributed by atoms with E-state index in [-0.39, 0.29) is 5.91 Å². The van der Waals surface area contributed by atoms with E-state index in [1.807, 2.05) is 25.1 Å². The van der Waals surface area contributed by atoms with Gasteiger partial charge in [-0.05, 0) is 61.7 Å². The van der Waals surface area contributed by atoms with Crippen molar-refractivity contribution in [2.24, 2.45) is 0 Å². The highest BCUT2D eigenvalue weighted by atomic mass is 32.1. The normalized spacial score (nSPS) is 11.0. The van der Waals surface area contributed by atoms with Crippen molar-refractivity contribution in [2.75, 3.05) is 0 Å². The molecule has 4 aromatic rings. The molecule has 1 amide bonds. The van der Waals surface area contributed by atoms with Crippen molar-refractivity contribution in [1.29, 1.82) is 0 Å². The molecule has 0 saturated carbocycles. The Hall–Kier alpha value is -3.25. The van der Waals surface area contributed by atoms with Gasteiger partial charge in [-0.2, -0.15) is 0 Å². The van der Waals surface area contributed by atoms with Crippen molar-refractivity contribution in [3.05, 3.63) is 76.3 Å². The van der Waals surface area contributed by atoms with Crippen molar-refractivity contribution in [3.63, 3.8) is 0 Å². The fourth-order valence-corrected chi connectivity index (χ4v) is 4.49. The van der Waals surface area contributed by atoms with E-state index in [0.29, 0.717) is 12.1 Å². The molecule has 0 aliphatic rings. The third-order valence-electron chi connectivity index (χ3n) is 5.32. The summed E-state index contributed by atoms with van der Waals surface area (Å²) in [7, 11) is 0. The molecule has 0 saturated heterocycles. The Morgan fingerprint density at radius 1 is 1.17 bits per heavy atom. The lowest BCUT2D eigenvalue weighted by molar-refractivity contribution is 0.0950. The van der Waals surface area contributed by atoms with E-state index in [0.717, 1.165) is 33.4 Å². The van der Waals surface area contributed by atoms with E-state index in [4.69, 9.17) is 0 Å². The number of aromatic nitrogens is 3. The van der Waals surface area contributed by atoms with E-state index in [9.17, 15) is 4.79 Å². The summed E-state index contributed by atoms with van der Waals surface area (Å²) >= 11 is 1.51. The molecule has 2 heterocycles. The third-order valence-corrected chi connectivity index (χ3v) is 6.26. The Morgan fingerprint density at radius 2 is 2.00 bits per heavy atom. The van der Waals surface area contributed by atoms with Crippen LogP contribution in [0.1, 0.15) is 39.0 Å². The van der Waals surface area contributed by atoms with Gasteiger partial charge >= 0.3 is 0 Å². The molecular weight excluding hydrogens is 392 g/mol. The van der Waals surface area contributed by atoms with Crippen molar-refractivity contribution in [2.45, 2.75) is 33.9 Å². The smallest absolute Gasteiger partial charge is 0.251 e. The molecule has 6 heteroatoms. The Morgan fingerprint density at radius 3 is 2.73 bits per heavy atom. The zero-order chi connectivity index (χ0) is 21.3. The fraction of sp³-hybridized carbons (Fsp3) is 0.208. The van der Waals surface area contributed by atoms with Gasteiger partial charge in [0.15, 0.2) is 5.01 Å². The minimum absolute atomic E-state index is 0.122. The van der Waals surface area contributed by atoms with E-state index >= 15 is 0 Å². The summed E-state index contributed by atoms with van der Waals surface area (Å²) in [5.74, 6) is -0.122. The molecule has 30 heavy (non-hydrogen) atoms. The number of benzene rings is 2. The van der Waals surface area contributed by atoms with E-state index in [1.165, 1.54) is 27.8 Å². The number of nitrogens with zero attached hydrogens (tertiary/aromatic N) is 3. The number of amides is 1. The first kappa shape index (κ1) is 20.0. The van der Waals surface area contributed by atoms with Crippen LogP contribution in [0.4, 0.5) is 0 Å². The number of fused-ring (bicyclic) bond motifs is 1. The minimum Gasteiger partial charge on any atom is -0.345 e. The average molecular weight is 417 g/mol. The number of carbonyl (C=O) groups is 1. The summed E-state index contributed by atoms with van der Waals surface area (Å²) in [5, 5.41) is 14.5. The second-order valence-corrected chi connectivity index (χ2v) is 8.30. The van der Waals surface area contributed by atoms with Crippen LogP contribution < -0.4 is 5.32 Å².